The van der Waals surface area contributed by atoms with Crippen LogP contribution in [0.4, 0.5) is 41.2 Å². The molecule has 1 rings (SSSR count). The second kappa shape index (κ2) is 6.11. The third-order valence-electron chi connectivity index (χ3n) is 2.66. The largest absolute Gasteiger partial charge is 0.461 e. The Morgan fingerprint density at radius 2 is 1.46 bits per heavy atom. The van der Waals surface area contributed by atoms with Crippen molar-refractivity contribution in [3.63, 3.8) is 0 Å². The van der Waals surface area contributed by atoms with Crippen molar-refractivity contribution >= 4 is 21.6 Å². The first kappa shape index (κ1) is 20.0. The molecular weight excluding hydrogens is 375 g/mol. The van der Waals surface area contributed by atoms with Crippen LogP contribution in [0.15, 0.2) is 29.2 Å². The molecule has 1 aromatic carbocycles. The summed E-state index contributed by atoms with van der Waals surface area (Å²) in [6, 6.07) is 2.07. The number of benzene rings is 1. The van der Waals surface area contributed by atoms with E-state index in [9.17, 15) is 43.9 Å². The molecule has 0 aliphatic carbocycles. The van der Waals surface area contributed by atoms with Crippen molar-refractivity contribution in [2.45, 2.75) is 22.2 Å². The number of hydrogen-bond acceptors (Lipinski definition) is 4. The normalized spacial score (nSPS) is 13.5. The lowest BCUT2D eigenvalue weighted by atomic mass is 10.3. The van der Waals surface area contributed by atoms with Crippen molar-refractivity contribution in [1.82, 2.24) is 0 Å². The van der Waals surface area contributed by atoms with Gasteiger partial charge >= 0.3 is 23.4 Å². The van der Waals surface area contributed by atoms with Gasteiger partial charge < -0.3 is 4.74 Å². The SMILES string of the molecule is COC(=O)Nc1ccc(S(=O)(=O)C(F)(F)C(F)(F)C(F)(F)F)cc1. The van der Waals surface area contributed by atoms with Crippen LogP contribution in [0.25, 0.3) is 0 Å². The molecule has 0 saturated carbocycles. The van der Waals surface area contributed by atoms with Gasteiger partial charge in [-0.3, -0.25) is 5.32 Å². The number of halogens is 7. The molecule has 0 aromatic heterocycles. The van der Waals surface area contributed by atoms with Gasteiger partial charge in [-0.05, 0) is 24.3 Å². The average molecular weight is 383 g/mol. The fourth-order valence-electron chi connectivity index (χ4n) is 1.37. The van der Waals surface area contributed by atoms with Crippen LogP contribution >= 0.6 is 0 Å². The first-order valence-corrected chi connectivity index (χ1v) is 7.19. The van der Waals surface area contributed by atoms with Crippen molar-refractivity contribution in [2.24, 2.45) is 0 Å². The molecule has 0 atom stereocenters. The molecule has 24 heavy (non-hydrogen) atoms. The third kappa shape index (κ3) is 3.25. The molecule has 13 heteroatoms. The number of sulfone groups is 1. The third-order valence-corrected chi connectivity index (χ3v) is 4.48. The topological polar surface area (TPSA) is 72.5 Å². The van der Waals surface area contributed by atoms with Gasteiger partial charge in [0.2, 0.25) is 9.84 Å². The molecule has 0 aliphatic rings. The minimum atomic E-state index is -6.80. The lowest BCUT2D eigenvalue weighted by molar-refractivity contribution is -0.332. The molecule has 0 spiro atoms. The Kier molecular flexibility index (Phi) is 5.09. The standard InChI is InChI=1S/C11H8F7NO4S/c1-23-8(20)19-6-2-4-7(5-3-6)24(21,22)11(17,18)9(12,13)10(14,15)16/h2-5H,1H3,(H,19,20). The molecule has 0 radical (unpaired) electrons. The molecular formula is C11H8F7NO4S. The Hall–Kier alpha value is -2.05. The first-order chi connectivity index (χ1) is 10.7. The number of anilines is 1. The molecule has 0 bridgehead atoms. The highest BCUT2D eigenvalue weighted by molar-refractivity contribution is 7.92. The number of nitrogens with one attached hydrogen (secondary N) is 1. The fraction of sp³-hybridized carbons (Fsp3) is 0.364. The van der Waals surface area contributed by atoms with E-state index in [0.29, 0.717) is 24.3 Å². The Morgan fingerprint density at radius 1 is 1.00 bits per heavy atom. The van der Waals surface area contributed by atoms with Gasteiger partial charge in [-0.15, -0.1) is 0 Å². The highest BCUT2D eigenvalue weighted by Gasteiger charge is 2.78. The van der Waals surface area contributed by atoms with Crippen LogP contribution in [-0.2, 0) is 14.6 Å². The minimum Gasteiger partial charge on any atom is -0.453 e. The van der Waals surface area contributed by atoms with E-state index in [2.05, 4.69) is 4.74 Å². The monoisotopic (exact) mass is 383 g/mol. The predicted molar refractivity (Wildman–Crippen MR) is 65.6 cm³/mol. The average Bonchev–Trinajstić information content (AvgIpc) is 2.46. The molecule has 1 N–H and O–H groups in total. The van der Waals surface area contributed by atoms with E-state index in [1.807, 2.05) is 5.32 Å². The van der Waals surface area contributed by atoms with Gasteiger partial charge in [0.1, 0.15) is 0 Å². The zero-order chi connectivity index (χ0) is 19.0. The molecule has 136 valence electrons. The van der Waals surface area contributed by atoms with Crippen LogP contribution in [-0.4, -0.2) is 39.0 Å². The number of carbonyl (C=O) groups excluding carboxylic acids is 1. The highest BCUT2D eigenvalue weighted by Crippen LogP contribution is 2.50. The van der Waals surface area contributed by atoms with Crippen molar-refractivity contribution < 1.29 is 48.7 Å². The van der Waals surface area contributed by atoms with Crippen molar-refractivity contribution in [1.29, 1.82) is 0 Å². The lowest BCUT2D eigenvalue weighted by Crippen LogP contribution is -2.55. The summed E-state index contributed by atoms with van der Waals surface area (Å²) in [7, 11) is -5.40. The van der Waals surface area contributed by atoms with E-state index in [1.54, 1.807) is 0 Å². The highest BCUT2D eigenvalue weighted by atomic mass is 32.2. The summed E-state index contributed by atoms with van der Waals surface area (Å²) in [4.78, 5) is 9.37. The molecule has 1 amide bonds. The molecule has 0 fully saturated rings. The molecule has 0 unspecified atom stereocenters. The number of rotatable bonds is 4. The van der Waals surface area contributed by atoms with E-state index in [4.69, 9.17) is 0 Å². The van der Waals surface area contributed by atoms with Gasteiger partial charge in [0.15, 0.2) is 0 Å². The van der Waals surface area contributed by atoms with Crippen molar-refractivity contribution in [3.05, 3.63) is 24.3 Å². The summed E-state index contributed by atoms with van der Waals surface area (Å²) in [5.74, 6) is -6.80. The number of methoxy groups -OCH3 is 1. The van der Waals surface area contributed by atoms with Crippen LogP contribution in [0.3, 0.4) is 0 Å². The van der Waals surface area contributed by atoms with Gasteiger partial charge in [-0.2, -0.15) is 30.7 Å². The summed E-state index contributed by atoms with van der Waals surface area (Å²) in [5, 5.41) is -4.44. The minimum absolute atomic E-state index is 0.174. The number of alkyl halides is 7. The van der Waals surface area contributed by atoms with Gasteiger partial charge in [0.25, 0.3) is 0 Å². The molecule has 5 nitrogen and oxygen atoms in total. The second-order valence-corrected chi connectivity index (χ2v) is 6.22. The van der Waals surface area contributed by atoms with Gasteiger partial charge in [0, 0.05) is 5.69 Å². The zero-order valence-corrected chi connectivity index (χ0v) is 12.3. The molecule has 0 heterocycles. The van der Waals surface area contributed by atoms with Crippen LogP contribution in [0.5, 0.6) is 0 Å². The molecule has 1 aromatic rings. The van der Waals surface area contributed by atoms with Crippen molar-refractivity contribution in [2.75, 3.05) is 12.4 Å². The Morgan fingerprint density at radius 3 is 1.83 bits per heavy atom. The number of amides is 1. The summed E-state index contributed by atoms with van der Waals surface area (Å²) < 4.78 is 116. The Balaban J connectivity index is 3.27. The maximum atomic E-state index is 13.4. The summed E-state index contributed by atoms with van der Waals surface area (Å²) >= 11 is 0. The molecule has 0 saturated heterocycles. The molecule has 0 aliphatic heterocycles. The van der Waals surface area contributed by atoms with Gasteiger partial charge in [0.05, 0.1) is 12.0 Å². The summed E-state index contributed by atoms with van der Waals surface area (Å²) in [6.07, 6.45) is -7.80. The zero-order valence-electron chi connectivity index (χ0n) is 11.5. The maximum absolute atomic E-state index is 13.4. The van der Waals surface area contributed by atoms with Crippen LogP contribution in [0.2, 0.25) is 0 Å². The Bertz CT molecular complexity index is 713. The summed E-state index contributed by atoms with van der Waals surface area (Å²) in [6.45, 7) is 0. The maximum Gasteiger partial charge on any atom is 0.461 e. The van der Waals surface area contributed by atoms with E-state index >= 15 is 0 Å². The predicted octanol–water partition coefficient (Wildman–Crippen LogP) is 3.43. The summed E-state index contributed by atoms with van der Waals surface area (Å²) in [5.41, 5.74) is -0.174. The second-order valence-electron chi connectivity index (χ2n) is 4.23. The van der Waals surface area contributed by atoms with E-state index in [-0.39, 0.29) is 5.69 Å². The van der Waals surface area contributed by atoms with Crippen molar-refractivity contribution in [3.8, 4) is 0 Å². The van der Waals surface area contributed by atoms with E-state index in [0.717, 1.165) is 7.11 Å². The number of ether oxygens (including phenoxy) is 1. The quantitative estimate of drug-likeness (QED) is 0.809. The number of hydrogen-bond donors (Lipinski definition) is 1. The smallest absolute Gasteiger partial charge is 0.453 e. The first-order valence-electron chi connectivity index (χ1n) is 5.70. The van der Waals surface area contributed by atoms with Crippen LogP contribution in [0.1, 0.15) is 0 Å². The van der Waals surface area contributed by atoms with Crippen LogP contribution < -0.4 is 5.32 Å². The van der Waals surface area contributed by atoms with E-state index in [1.165, 1.54) is 0 Å². The van der Waals surface area contributed by atoms with Crippen LogP contribution in [0, 0.1) is 0 Å². The number of carbonyl (C=O) groups is 1. The van der Waals surface area contributed by atoms with Gasteiger partial charge in [-0.25, -0.2) is 13.2 Å². The lowest BCUT2D eigenvalue weighted by Gasteiger charge is -2.27. The van der Waals surface area contributed by atoms with Gasteiger partial charge in [-0.1, -0.05) is 0 Å². The van der Waals surface area contributed by atoms with E-state index < -0.39 is 38.2 Å². The fourth-order valence-corrected chi connectivity index (χ4v) is 2.61. The Labute approximate surface area is 130 Å².